The number of halogens is 1. The van der Waals surface area contributed by atoms with Crippen LogP contribution in [0.5, 0.6) is 0 Å². The Morgan fingerprint density at radius 2 is 0.870 bits per heavy atom. The van der Waals surface area contributed by atoms with Crippen LogP contribution < -0.4 is 0 Å². The van der Waals surface area contributed by atoms with Gasteiger partial charge in [-0.15, -0.1) is 15.3 Å². The monoisotopic (exact) mass is 404 g/mol. The second-order valence-corrected chi connectivity index (χ2v) is 12.2. The highest BCUT2D eigenvalue weighted by Gasteiger charge is 2.15. The SMILES string of the molecule is CCCCCCCCCCCCCCCCCCC(C)(C)[SiH2]Br. The quantitative estimate of drug-likeness (QED) is 0.122. The Kier molecular flexibility index (Phi) is 18.0. The topological polar surface area (TPSA) is 0 Å². The summed E-state index contributed by atoms with van der Waals surface area (Å²) in [6.45, 7) is 7.16. The van der Waals surface area contributed by atoms with Crippen LogP contribution in [0.25, 0.3) is 0 Å². The molecular formula is C21H45BrSi. The van der Waals surface area contributed by atoms with Gasteiger partial charge in [0.05, 0.1) is 0 Å². The largest absolute Gasteiger partial charge is 0.135 e. The van der Waals surface area contributed by atoms with Crippen molar-refractivity contribution in [2.45, 2.75) is 135 Å². The summed E-state index contributed by atoms with van der Waals surface area (Å²) in [5, 5.41) is 0.635. The summed E-state index contributed by atoms with van der Waals surface area (Å²) in [6.07, 6.45) is 24.9. The molecule has 0 aromatic heterocycles. The van der Waals surface area contributed by atoms with Gasteiger partial charge in [0.25, 0.3) is 0 Å². The van der Waals surface area contributed by atoms with Gasteiger partial charge >= 0.3 is 0 Å². The second kappa shape index (κ2) is 17.5. The molecule has 0 nitrogen and oxygen atoms in total. The third kappa shape index (κ3) is 18.9. The van der Waals surface area contributed by atoms with Crippen LogP contribution in [-0.2, 0) is 0 Å². The molecule has 0 atom stereocenters. The van der Waals surface area contributed by atoms with Crippen LogP contribution in [0, 0.1) is 0 Å². The Morgan fingerprint density at radius 3 is 1.17 bits per heavy atom. The normalized spacial score (nSPS) is 12.5. The highest BCUT2D eigenvalue weighted by atomic mass is 79.9. The van der Waals surface area contributed by atoms with Gasteiger partial charge in [-0.25, -0.2) is 0 Å². The van der Waals surface area contributed by atoms with Crippen molar-refractivity contribution >= 4 is 23.4 Å². The van der Waals surface area contributed by atoms with E-state index in [0.717, 1.165) is 0 Å². The molecule has 0 bridgehead atoms. The second-order valence-electron chi connectivity index (χ2n) is 8.35. The van der Waals surface area contributed by atoms with Gasteiger partial charge in [0.1, 0.15) is 8.14 Å². The molecule has 0 aliphatic rings. The Balaban J connectivity index is 3.05. The first-order chi connectivity index (χ1) is 11.1. The van der Waals surface area contributed by atoms with Crippen molar-refractivity contribution in [2.24, 2.45) is 0 Å². The van der Waals surface area contributed by atoms with Crippen molar-refractivity contribution in [1.29, 1.82) is 0 Å². The zero-order valence-electron chi connectivity index (χ0n) is 16.6. The predicted molar refractivity (Wildman–Crippen MR) is 116 cm³/mol. The fourth-order valence-electron chi connectivity index (χ4n) is 3.22. The summed E-state index contributed by atoms with van der Waals surface area (Å²) in [7, 11) is -0.0115. The summed E-state index contributed by atoms with van der Waals surface area (Å²) in [5.74, 6) is 0. The molecule has 0 unspecified atom stereocenters. The van der Waals surface area contributed by atoms with E-state index in [9.17, 15) is 0 Å². The van der Waals surface area contributed by atoms with E-state index in [1.807, 2.05) is 0 Å². The Morgan fingerprint density at radius 1 is 0.565 bits per heavy atom. The van der Waals surface area contributed by atoms with Crippen LogP contribution >= 0.6 is 15.3 Å². The zero-order valence-corrected chi connectivity index (χ0v) is 19.6. The Labute approximate surface area is 158 Å². The van der Waals surface area contributed by atoms with Gasteiger partial charge in [0.15, 0.2) is 0 Å². The standard InChI is InChI=1S/C21H45BrSi/c1-4-5-6-7-8-9-10-11-12-13-14-15-16-17-18-19-20-21(2,3)23-22/h4-20,23H2,1-3H3. The molecule has 0 saturated heterocycles. The molecule has 0 N–H and O–H groups in total. The molecule has 0 radical (unpaired) electrons. The number of rotatable bonds is 18. The minimum absolute atomic E-state index is 0.0115. The summed E-state index contributed by atoms with van der Waals surface area (Å²) in [6, 6.07) is 0. The van der Waals surface area contributed by atoms with Crippen molar-refractivity contribution < 1.29 is 0 Å². The average molecular weight is 406 g/mol. The molecule has 0 aliphatic carbocycles. The van der Waals surface area contributed by atoms with Crippen molar-refractivity contribution in [3.05, 3.63) is 0 Å². The molecule has 0 fully saturated rings. The van der Waals surface area contributed by atoms with Crippen LogP contribution in [0.15, 0.2) is 0 Å². The van der Waals surface area contributed by atoms with Gasteiger partial charge in [-0.3, -0.25) is 0 Å². The Hall–Kier alpha value is 0.697. The fraction of sp³-hybridized carbons (Fsp3) is 1.00. The maximum atomic E-state index is 3.76. The van der Waals surface area contributed by atoms with Crippen molar-refractivity contribution in [3.8, 4) is 0 Å². The first-order valence-corrected chi connectivity index (χ1v) is 15.3. The van der Waals surface area contributed by atoms with Crippen molar-refractivity contribution in [2.75, 3.05) is 0 Å². The van der Waals surface area contributed by atoms with Gasteiger partial charge in [-0.2, -0.15) is 0 Å². The summed E-state index contributed by atoms with van der Waals surface area (Å²) in [5.41, 5.74) is 0. The van der Waals surface area contributed by atoms with E-state index in [0.29, 0.717) is 5.04 Å². The predicted octanol–water partition coefficient (Wildman–Crippen LogP) is 8.32. The molecule has 2 heteroatoms. The lowest BCUT2D eigenvalue weighted by molar-refractivity contribution is 0.510. The van der Waals surface area contributed by atoms with Crippen LogP contribution in [0.1, 0.15) is 130 Å². The third-order valence-electron chi connectivity index (χ3n) is 5.07. The van der Waals surface area contributed by atoms with Crippen molar-refractivity contribution in [1.82, 2.24) is 0 Å². The minimum Gasteiger partial charge on any atom is -0.135 e. The molecule has 0 rings (SSSR count). The van der Waals surface area contributed by atoms with Gasteiger partial charge in [-0.1, -0.05) is 130 Å². The summed E-state index contributed by atoms with van der Waals surface area (Å²) < 4.78 is 0. The lowest BCUT2D eigenvalue weighted by Gasteiger charge is -2.20. The Bertz CT molecular complexity index is 228. The van der Waals surface area contributed by atoms with Gasteiger partial charge in [0.2, 0.25) is 0 Å². The van der Waals surface area contributed by atoms with E-state index < -0.39 is 0 Å². The first kappa shape index (κ1) is 23.7. The summed E-state index contributed by atoms with van der Waals surface area (Å²) >= 11 is 3.76. The highest BCUT2D eigenvalue weighted by Crippen LogP contribution is 2.31. The lowest BCUT2D eigenvalue weighted by atomic mass is 10.0. The molecule has 0 aliphatic heterocycles. The van der Waals surface area contributed by atoms with E-state index in [2.05, 4.69) is 36.1 Å². The molecule has 0 spiro atoms. The number of unbranched alkanes of at least 4 members (excludes halogenated alkanes) is 15. The highest BCUT2D eigenvalue weighted by molar-refractivity contribution is 9.23. The number of hydrogen-bond donors (Lipinski definition) is 0. The maximum Gasteiger partial charge on any atom is 0.104 e. The minimum atomic E-state index is -0.0115. The van der Waals surface area contributed by atoms with E-state index in [4.69, 9.17) is 0 Å². The number of hydrogen-bond acceptors (Lipinski definition) is 0. The third-order valence-corrected chi connectivity index (χ3v) is 10.7. The van der Waals surface area contributed by atoms with Gasteiger partial charge in [-0.05, 0) is 5.04 Å². The molecule has 140 valence electrons. The molecule has 0 amide bonds. The van der Waals surface area contributed by atoms with Crippen LogP contribution in [0.4, 0.5) is 0 Å². The van der Waals surface area contributed by atoms with Crippen LogP contribution in [-0.4, -0.2) is 8.14 Å². The molecule has 0 saturated carbocycles. The van der Waals surface area contributed by atoms with Crippen molar-refractivity contribution in [3.63, 3.8) is 0 Å². The van der Waals surface area contributed by atoms with E-state index in [-0.39, 0.29) is 8.14 Å². The van der Waals surface area contributed by atoms with E-state index in [1.165, 1.54) is 109 Å². The zero-order chi connectivity index (χ0) is 17.2. The first-order valence-electron chi connectivity index (χ1n) is 10.7. The maximum absolute atomic E-state index is 3.76. The fourth-order valence-corrected chi connectivity index (χ4v) is 4.44. The molecule has 0 aromatic rings. The van der Waals surface area contributed by atoms with E-state index >= 15 is 0 Å². The molecule has 0 heterocycles. The molecular weight excluding hydrogens is 360 g/mol. The summed E-state index contributed by atoms with van der Waals surface area (Å²) in [4.78, 5) is 0. The lowest BCUT2D eigenvalue weighted by Crippen LogP contribution is -2.07. The van der Waals surface area contributed by atoms with Crippen LogP contribution in [0.2, 0.25) is 5.04 Å². The van der Waals surface area contributed by atoms with Crippen LogP contribution in [0.3, 0.4) is 0 Å². The van der Waals surface area contributed by atoms with Gasteiger partial charge < -0.3 is 0 Å². The average Bonchev–Trinajstić information content (AvgIpc) is 2.54. The van der Waals surface area contributed by atoms with Gasteiger partial charge in [0, 0.05) is 0 Å². The molecule has 23 heavy (non-hydrogen) atoms. The molecule has 0 aromatic carbocycles. The van der Waals surface area contributed by atoms with E-state index in [1.54, 1.807) is 0 Å². The smallest absolute Gasteiger partial charge is 0.104 e.